The van der Waals surface area contributed by atoms with Crippen LogP contribution in [0, 0.1) is 0 Å². The quantitative estimate of drug-likeness (QED) is 0.0438. The first-order chi connectivity index (χ1) is 18.7. The Morgan fingerprint density at radius 3 is 2.15 bits per heavy atom. The van der Waals surface area contributed by atoms with Crippen LogP contribution in [0.2, 0.25) is 0 Å². The fraction of sp³-hybridized carbons (Fsp3) is 0.520. The van der Waals surface area contributed by atoms with E-state index >= 15 is 0 Å². The maximum atomic E-state index is 12.6. The number of hydrogen-bond acceptors (Lipinski definition) is 8. The molecular weight excluding hydrogens is 504 g/mol. The van der Waals surface area contributed by atoms with E-state index in [1.807, 2.05) is 0 Å². The molecule has 0 bridgehead atoms. The average Bonchev–Trinajstić information content (AvgIpc) is 2.90. The lowest BCUT2D eigenvalue weighted by molar-refractivity contribution is -0.129. The Labute approximate surface area is 228 Å². The van der Waals surface area contributed by atoms with E-state index in [0.29, 0.717) is 56.4 Å². The molecule has 0 fully saturated rings. The van der Waals surface area contributed by atoms with Crippen molar-refractivity contribution < 1.29 is 19.2 Å². The Morgan fingerprint density at radius 2 is 1.51 bits per heavy atom. The summed E-state index contributed by atoms with van der Waals surface area (Å²) < 4.78 is 0. The van der Waals surface area contributed by atoms with Crippen LogP contribution in [-0.4, -0.2) is 74.1 Å². The summed E-state index contributed by atoms with van der Waals surface area (Å²) in [5.41, 5.74) is 23.4. The van der Waals surface area contributed by atoms with E-state index in [1.165, 1.54) is 0 Å². The van der Waals surface area contributed by atoms with Crippen LogP contribution in [-0.2, 0) is 25.6 Å². The number of amides is 4. The van der Waals surface area contributed by atoms with Gasteiger partial charge in [-0.2, -0.15) is 0 Å². The Hall–Kier alpha value is -4.04. The zero-order chi connectivity index (χ0) is 29.0. The fourth-order valence-corrected chi connectivity index (χ4v) is 3.28. The molecule has 0 aliphatic rings. The van der Waals surface area contributed by atoms with Gasteiger partial charge in [0.05, 0.1) is 13.0 Å². The number of amidine groups is 2. The van der Waals surface area contributed by atoms with Gasteiger partial charge in [-0.25, -0.2) is 0 Å². The fourth-order valence-electron chi connectivity index (χ4n) is 3.28. The van der Waals surface area contributed by atoms with Gasteiger partial charge >= 0.3 is 0 Å². The van der Waals surface area contributed by atoms with Gasteiger partial charge in [0.2, 0.25) is 23.6 Å². The summed E-state index contributed by atoms with van der Waals surface area (Å²) >= 11 is 0. The normalized spacial score (nSPS) is 12.4. The number of carbonyl (C=O) groups is 4. The molecule has 0 radical (unpaired) electrons. The molecule has 0 saturated carbocycles. The molecule has 14 heteroatoms. The van der Waals surface area contributed by atoms with Crippen molar-refractivity contribution in [2.75, 3.05) is 32.7 Å². The molecule has 1 atom stereocenters. The van der Waals surface area contributed by atoms with Gasteiger partial charge in [-0.1, -0.05) is 24.3 Å². The van der Waals surface area contributed by atoms with Crippen molar-refractivity contribution in [3.8, 4) is 0 Å². The number of nitrogens with two attached hydrogens (primary N) is 4. The van der Waals surface area contributed by atoms with E-state index in [2.05, 4.69) is 31.5 Å². The maximum absolute atomic E-state index is 12.6. The second kappa shape index (κ2) is 19.1. The van der Waals surface area contributed by atoms with Crippen LogP contribution >= 0.6 is 0 Å². The number of benzene rings is 1. The monoisotopic (exact) mass is 546 g/mol. The van der Waals surface area contributed by atoms with Gasteiger partial charge in [0.15, 0.2) is 5.84 Å². The summed E-state index contributed by atoms with van der Waals surface area (Å²) in [6, 6.07) is 6.06. The van der Waals surface area contributed by atoms with Crippen LogP contribution in [0.1, 0.15) is 50.2 Å². The lowest BCUT2D eigenvalue weighted by Crippen LogP contribution is -2.49. The molecule has 39 heavy (non-hydrogen) atoms. The van der Waals surface area contributed by atoms with E-state index in [1.54, 1.807) is 31.2 Å². The summed E-state index contributed by atoms with van der Waals surface area (Å²) in [5, 5.41) is 18.3. The number of nitrogens with zero attached hydrogens (tertiary/aromatic N) is 2. The third kappa shape index (κ3) is 15.1. The van der Waals surface area contributed by atoms with Crippen molar-refractivity contribution in [1.82, 2.24) is 21.3 Å². The number of hydrogen-bond donors (Lipinski definition) is 8. The molecule has 0 aromatic heterocycles. The van der Waals surface area contributed by atoms with Crippen LogP contribution < -0.4 is 44.2 Å². The summed E-state index contributed by atoms with van der Waals surface area (Å²) in [4.78, 5) is 48.9. The molecule has 0 aliphatic carbocycles. The van der Waals surface area contributed by atoms with E-state index in [-0.39, 0.29) is 55.3 Å². The number of rotatable bonds is 18. The van der Waals surface area contributed by atoms with Crippen LogP contribution in [0.5, 0.6) is 0 Å². The first kappa shape index (κ1) is 33.0. The molecule has 216 valence electrons. The second-order valence-corrected chi connectivity index (χ2v) is 8.81. The average molecular weight is 547 g/mol. The first-order valence-electron chi connectivity index (χ1n) is 12.9. The van der Waals surface area contributed by atoms with Crippen LogP contribution in [0.3, 0.4) is 0 Å². The van der Waals surface area contributed by atoms with Gasteiger partial charge in [-0.05, 0) is 44.7 Å². The topological polar surface area (TPSA) is 245 Å². The third-order valence-electron chi connectivity index (χ3n) is 5.32. The molecule has 4 amide bonds. The van der Waals surface area contributed by atoms with Crippen molar-refractivity contribution in [1.29, 1.82) is 0 Å². The van der Waals surface area contributed by atoms with Gasteiger partial charge in [-0.3, -0.25) is 19.2 Å². The van der Waals surface area contributed by atoms with E-state index in [0.717, 1.165) is 0 Å². The van der Waals surface area contributed by atoms with Gasteiger partial charge < -0.3 is 44.2 Å². The predicted molar refractivity (Wildman–Crippen MR) is 150 cm³/mol. The molecule has 1 unspecified atom stereocenters. The lowest BCUT2D eigenvalue weighted by Gasteiger charge is -2.19. The molecule has 0 aliphatic heterocycles. The number of nitrogens with one attached hydrogen (secondary N) is 4. The molecule has 0 saturated heterocycles. The highest BCUT2D eigenvalue weighted by molar-refractivity contribution is 5.98. The largest absolute Gasteiger partial charge is 0.386 e. The second-order valence-electron chi connectivity index (χ2n) is 8.81. The molecule has 14 nitrogen and oxygen atoms in total. The minimum Gasteiger partial charge on any atom is -0.386 e. The highest BCUT2D eigenvalue weighted by Gasteiger charge is 2.20. The minimum absolute atomic E-state index is 0.0452. The van der Waals surface area contributed by atoms with Crippen molar-refractivity contribution in [3.63, 3.8) is 0 Å². The summed E-state index contributed by atoms with van der Waals surface area (Å²) in [5.74, 6) is -0.846. The maximum Gasteiger partial charge on any atom is 0.242 e. The summed E-state index contributed by atoms with van der Waals surface area (Å²) in [6.45, 7) is 2.86. The van der Waals surface area contributed by atoms with Crippen molar-refractivity contribution in [2.24, 2.45) is 33.1 Å². The number of unbranched alkanes of at least 4 members (excludes halogenated alkanes) is 1. The minimum atomic E-state index is -0.779. The van der Waals surface area contributed by atoms with Gasteiger partial charge in [0, 0.05) is 31.6 Å². The summed E-state index contributed by atoms with van der Waals surface area (Å²) in [7, 11) is 0. The van der Waals surface area contributed by atoms with Gasteiger partial charge in [0.25, 0.3) is 0 Å². The molecule has 1 aromatic rings. The Balaban J connectivity index is 2.56. The zero-order valence-electron chi connectivity index (χ0n) is 22.5. The molecule has 0 heterocycles. The predicted octanol–water partition coefficient (Wildman–Crippen LogP) is -2.07. The molecule has 12 N–H and O–H groups in total. The van der Waals surface area contributed by atoms with Crippen LogP contribution in [0.25, 0.3) is 0 Å². The van der Waals surface area contributed by atoms with E-state index in [4.69, 9.17) is 22.9 Å². The smallest absolute Gasteiger partial charge is 0.242 e. The van der Waals surface area contributed by atoms with Gasteiger partial charge in [-0.15, -0.1) is 10.2 Å². The standard InChI is InChI=1S/C25H42N10O4/c1-17(28)34-35-24(29)19-8-6-18(7-9-19)15-22(37)32-16-23(38)33-20(25(39)31-14-4-11-26)5-2-3-13-30-21(36)10-12-27/h6-9,20H,2-5,10-16,26-27H2,1H3,(H2,28,34)(H2,29,35)(H,30,36)(H,31,39)(H,32,37)(H,33,38). The Kier molecular flexibility index (Phi) is 16.1. The Bertz CT molecular complexity index is 991. The van der Waals surface area contributed by atoms with E-state index in [9.17, 15) is 19.2 Å². The van der Waals surface area contributed by atoms with E-state index < -0.39 is 11.9 Å². The number of carbonyl (C=O) groups excluding carboxylic acids is 4. The lowest BCUT2D eigenvalue weighted by atomic mass is 10.1. The van der Waals surface area contributed by atoms with Crippen molar-refractivity contribution >= 4 is 35.3 Å². The van der Waals surface area contributed by atoms with Crippen LogP contribution in [0.15, 0.2) is 34.5 Å². The van der Waals surface area contributed by atoms with Gasteiger partial charge in [0.1, 0.15) is 11.9 Å². The van der Waals surface area contributed by atoms with Crippen LogP contribution in [0.4, 0.5) is 0 Å². The molecule has 0 spiro atoms. The SMILES string of the molecule is C/C(N)=N/N=C(\N)c1ccc(CC(=O)NCC(=O)NC(CCCCNC(=O)CCN)C(=O)NCCCN)cc1. The molecule has 1 aromatic carbocycles. The summed E-state index contributed by atoms with van der Waals surface area (Å²) in [6.07, 6.45) is 2.50. The first-order valence-corrected chi connectivity index (χ1v) is 12.9. The highest BCUT2D eigenvalue weighted by Crippen LogP contribution is 2.06. The van der Waals surface area contributed by atoms with Crippen molar-refractivity contribution in [3.05, 3.63) is 35.4 Å². The zero-order valence-corrected chi connectivity index (χ0v) is 22.5. The Morgan fingerprint density at radius 1 is 0.821 bits per heavy atom. The highest BCUT2D eigenvalue weighted by atomic mass is 16.2. The molecule has 1 rings (SSSR count). The van der Waals surface area contributed by atoms with Crippen molar-refractivity contribution in [2.45, 2.75) is 51.5 Å². The molecular formula is C25H42N10O4. The third-order valence-corrected chi connectivity index (χ3v) is 5.32.